The van der Waals surface area contributed by atoms with Crippen LogP contribution in [0.2, 0.25) is 0 Å². The smallest absolute Gasteiger partial charge is 0.322 e. The van der Waals surface area contributed by atoms with Crippen LogP contribution in [0, 0.1) is 0 Å². The molecule has 0 saturated heterocycles. The van der Waals surface area contributed by atoms with Crippen molar-refractivity contribution in [2.75, 3.05) is 12.3 Å². The Labute approximate surface area is 178 Å². The van der Waals surface area contributed by atoms with E-state index in [1.165, 1.54) is 0 Å². The van der Waals surface area contributed by atoms with Gasteiger partial charge < -0.3 is 32.5 Å². The number of carboxylic acid groups (broad SMARTS) is 1. The van der Waals surface area contributed by atoms with Gasteiger partial charge in [0.15, 0.2) is 0 Å². The lowest BCUT2D eigenvalue weighted by Gasteiger charge is -2.23. The Morgan fingerprint density at radius 3 is 2.10 bits per heavy atom. The normalized spacial score (nSPS) is 13.4. The number of carbonyl (C=O) groups excluding carboxylic acids is 4. The molecule has 164 valence electrons. The molecule has 0 heterocycles. The second-order valence-electron chi connectivity index (χ2n) is 6.38. The largest absolute Gasteiger partial charge is 0.480 e. The number of hydrogen-bond donors (Lipinski definition) is 7. The van der Waals surface area contributed by atoms with Gasteiger partial charge >= 0.3 is 5.97 Å². The van der Waals surface area contributed by atoms with Crippen molar-refractivity contribution in [1.82, 2.24) is 16.0 Å². The molecule has 1 aromatic carbocycles. The molecule has 1 rings (SSSR count). The van der Waals surface area contributed by atoms with E-state index in [-0.39, 0.29) is 12.2 Å². The van der Waals surface area contributed by atoms with E-state index >= 15 is 0 Å². The average Bonchev–Trinajstić information content (AvgIpc) is 2.69. The summed E-state index contributed by atoms with van der Waals surface area (Å²) in [5, 5.41) is 15.8. The van der Waals surface area contributed by atoms with Crippen LogP contribution in [0.3, 0.4) is 0 Å². The lowest BCUT2D eigenvalue weighted by molar-refractivity contribution is -0.138. The van der Waals surface area contributed by atoms with Gasteiger partial charge in [-0.3, -0.25) is 24.0 Å². The van der Waals surface area contributed by atoms with Gasteiger partial charge in [-0.1, -0.05) is 30.3 Å². The topological polar surface area (TPSA) is 194 Å². The van der Waals surface area contributed by atoms with Crippen molar-refractivity contribution in [1.29, 1.82) is 0 Å². The molecule has 3 unspecified atom stereocenters. The molecule has 8 N–H and O–H groups in total. The summed E-state index contributed by atoms with van der Waals surface area (Å²) in [5.74, 6) is -4.34. The van der Waals surface area contributed by atoms with Crippen LogP contribution < -0.4 is 27.4 Å². The average molecular weight is 439 g/mol. The second kappa shape index (κ2) is 12.4. The standard InChI is InChI=1S/C18H25N5O6S/c19-11(7-14(20)24)16(27)23-13(9-30)18(29)22-12(17(28)21-8-15(25)26)6-10-4-2-1-3-5-10/h1-5,11-13,30H,6-9,19H2,(H2,20,24)(H,21,28)(H,22,29)(H,23,27)(H,25,26). The number of hydrogen-bond acceptors (Lipinski definition) is 7. The first-order chi connectivity index (χ1) is 14.1. The van der Waals surface area contributed by atoms with Crippen molar-refractivity contribution in [2.45, 2.75) is 31.0 Å². The zero-order valence-corrected chi connectivity index (χ0v) is 16.9. The molecular formula is C18H25N5O6S. The number of benzene rings is 1. The van der Waals surface area contributed by atoms with Gasteiger partial charge in [-0.25, -0.2) is 0 Å². The van der Waals surface area contributed by atoms with Crippen LogP contribution in [-0.4, -0.2) is 65.1 Å². The molecule has 0 aliphatic heterocycles. The maximum atomic E-state index is 12.6. The minimum Gasteiger partial charge on any atom is -0.480 e. The van der Waals surface area contributed by atoms with Crippen LogP contribution >= 0.6 is 12.6 Å². The third-order valence-corrected chi connectivity index (χ3v) is 4.27. The van der Waals surface area contributed by atoms with E-state index in [1.807, 2.05) is 0 Å². The highest BCUT2D eigenvalue weighted by Gasteiger charge is 2.28. The van der Waals surface area contributed by atoms with Crippen molar-refractivity contribution in [3.8, 4) is 0 Å². The van der Waals surface area contributed by atoms with Gasteiger partial charge in [-0.05, 0) is 5.56 Å². The second-order valence-corrected chi connectivity index (χ2v) is 6.75. The molecule has 0 aliphatic carbocycles. The highest BCUT2D eigenvalue weighted by atomic mass is 32.1. The first-order valence-corrected chi connectivity index (χ1v) is 9.56. The van der Waals surface area contributed by atoms with E-state index in [0.29, 0.717) is 0 Å². The molecular weight excluding hydrogens is 414 g/mol. The third kappa shape index (κ3) is 8.92. The van der Waals surface area contributed by atoms with Crippen molar-refractivity contribution >= 4 is 42.2 Å². The Morgan fingerprint density at radius 1 is 0.967 bits per heavy atom. The lowest BCUT2D eigenvalue weighted by atomic mass is 10.0. The van der Waals surface area contributed by atoms with E-state index in [4.69, 9.17) is 16.6 Å². The third-order valence-electron chi connectivity index (χ3n) is 3.90. The fourth-order valence-corrected chi connectivity index (χ4v) is 2.66. The predicted molar refractivity (Wildman–Crippen MR) is 110 cm³/mol. The van der Waals surface area contributed by atoms with Crippen molar-refractivity contribution in [2.24, 2.45) is 11.5 Å². The Morgan fingerprint density at radius 2 is 1.57 bits per heavy atom. The summed E-state index contributed by atoms with van der Waals surface area (Å²) < 4.78 is 0. The van der Waals surface area contributed by atoms with Crippen LogP contribution in [0.5, 0.6) is 0 Å². The number of aliphatic carboxylic acids is 1. The summed E-state index contributed by atoms with van der Waals surface area (Å²) in [4.78, 5) is 58.6. The Bertz CT molecular complexity index is 776. The monoisotopic (exact) mass is 439 g/mol. The molecule has 0 aromatic heterocycles. The quantitative estimate of drug-likeness (QED) is 0.175. The van der Waals surface area contributed by atoms with Gasteiger partial charge in [0.1, 0.15) is 18.6 Å². The number of rotatable bonds is 12. The summed E-state index contributed by atoms with van der Waals surface area (Å²) >= 11 is 4.02. The van der Waals surface area contributed by atoms with E-state index in [1.54, 1.807) is 30.3 Å². The van der Waals surface area contributed by atoms with Gasteiger partial charge in [-0.15, -0.1) is 0 Å². The fraction of sp³-hybridized carbons (Fsp3) is 0.389. The maximum absolute atomic E-state index is 12.6. The number of carbonyl (C=O) groups is 5. The zero-order chi connectivity index (χ0) is 22.7. The summed E-state index contributed by atoms with van der Waals surface area (Å²) in [6.45, 7) is -0.616. The van der Waals surface area contributed by atoms with Crippen LogP contribution in [-0.2, 0) is 30.4 Å². The van der Waals surface area contributed by atoms with E-state index < -0.39 is 60.7 Å². The van der Waals surface area contributed by atoms with Gasteiger partial charge in [-0.2, -0.15) is 12.6 Å². The van der Waals surface area contributed by atoms with E-state index in [2.05, 4.69) is 28.6 Å². The fourth-order valence-electron chi connectivity index (χ4n) is 2.40. The molecule has 11 nitrogen and oxygen atoms in total. The number of carboxylic acids is 1. The van der Waals surface area contributed by atoms with Gasteiger partial charge in [0.25, 0.3) is 0 Å². The van der Waals surface area contributed by atoms with Gasteiger partial charge in [0.2, 0.25) is 23.6 Å². The Kier molecular flexibility index (Phi) is 10.3. The molecule has 0 bridgehead atoms. The van der Waals surface area contributed by atoms with E-state index in [0.717, 1.165) is 5.56 Å². The summed E-state index contributed by atoms with van der Waals surface area (Å²) in [6.07, 6.45) is -0.312. The summed E-state index contributed by atoms with van der Waals surface area (Å²) in [6, 6.07) is 5.28. The number of thiol groups is 1. The maximum Gasteiger partial charge on any atom is 0.322 e. The molecule has 4 amide bonds. The molecule has 0 spiro atoms. The number of nitrogens with one attached hydrogen (secondary N) is 3. The number of nitrogens with two attached hydrogens (primary N) is 2. The SMILES string of the molecule is NC(=O)CC(N)C(=O)NC(CS)C(=O)NC(Cc1ccccc1)C(=O)NCC(=O)O. The predicted octanol–water partition coefficient (Wildman–Crippen LogP) is -2.47. The van der Waals surface area contributed by atoms with Gasteiger partial charge in [0, 0.05) is 12.2 Å². The zero-order valence-electron chi connectivity index (χ0n) is 16.0. The molecule has 0 radical (unpaired) electrons. The minimum atomic E-state index is -1.24. The van der Waals surface area contributed by atoms with Crippen LogP contribution in [0.4, 0.5) is 0 Å². The van der Waals surface area contributed by atoms with Crippen LogP contribution in [0.15, 0.2) is 30.3 Å². The molecule has 0 saturated carbocycles. The molecule has 12 heteroatoms. The Hall–Kier alpha value is -3.12. The van der Waals surface area contributed by atoms with Gasteiger partial charge in [0.05, 0.1) is 12.5 Å². The van der Waals surface area contributed by atoms with Crippen molar-refractivity contribution < 1.29 is 29.1 Å². The minimum absolute atomic E-state index is 0.0897. The molecule has 0 aliphatic rings. The lowest BCUT2D eigenvalue weighted by Crippen LogP contribution is -2.57. The first kappa shape index (κ1) is 24.9. The molecule has 1 aromatic rings. The number of primary amides is 1. The highest BCUT2D eigenvalue weighted by Crippen LogP contribution is 2.04. The summed E-state index contributed by atoms with van der Waals surface area (Å²) in [7, 11) is 0. The van der Waals surface area contributed by atoms with Crippen molar-refractivity contribution in [3.63, 3.8) is 0 Å². The van der Waals surface area contributed by atoms with Crippen molar-refractivity contribution in [3.05, 3.63) is 35.9 Å². The molecule has 0 fully saturated rings. The first-order valence-electron chi connectivity index (χ1n) is 8.93. The van der Waals surface area contributed by atoms with Crippen LogP contribution in [0.1, 0.15) is 12.0 Å². The Balaban J connectivity index is 2.86. The highest BCUT2D eigenvalue weighted by molar-refractivity contribution is 7.80. The summed E-state index contributed by atoms with van der Waals surface area (Å²) in [5.41, 5.74) is 11.3. The van der Waals surface area contributed by atoms with E-state index in [9.17, 15) is 24.0 Å². The molecule has 30 heavy (non-hydrogen) atoms. The molecule has 3 atom stereocenters. The number of amides is 4. The van der Waals surface area contributed by atoms with Crippen LogP contribution in [0.25, 0.3) is 0 Å².